The molecule has 0 radical (unpaired) electrons. The first-order chi connectivity index (χ1) is 15.8. The summed E-state index contributed by atoms with van der Waals surface area (Å²) in [7, 11) is 1.78. The molecular formula is C25H27FN4O3. The molecule has 0 saturated heterocycles. The second-order valence-corrected chi connectivity index (χ2v) is 8.53. The van der Waals surface area contributed by atoms with Crippen LogP contribution in [-0.4, -0.2) is 46.7 Å². The zero-order valence-electron chi connectivity index (χ0n) is 18.7. The normalized spacial score (nSPS) is 17.8. The van der Waals surface area contributed by atoms with Crippen LogP contribution in [0.2, 0.25) is 0 Å². The Morgan fingerprint density at radius 1 is 1.15 bits per heavy atom. The monoisotopic (exact) mass is 450 g/mol. The molecule has 1 aliphatic carbocycles. The number of amides is 3. The molecular weight excluding hydrogens is 423 g/mol. The molecule has 3 aromatic rings. The highest BCUT2D eigenvalue weighted by Gasteiger charge is 2.31. The number of carbonyl (C=O) groups is 3. The number of rotatable bonds is 6. The van der Waals surface area contributed by atoms with Gasteiger partial charge in [0, 0.05) is 42.7 Å². The summed E-state index contributed by atoms with van der Waals surface area (Å²) in [6.45, 7) is 1.82. The number of nitrogens with zero attached hydrogens (tertiary/aromatic N) is 1. The third-order valence-corrected chi connectivity index (χ3v) is 6.43. The first-order valence-corrected chi connectivity index (χ1v) is 11.1. The third kappa shape index (κ3) is 4.46. The van der Waals surface area contributed by atoms with Crippen molar-refractivity contribution in [1.29, 1.82) is 0 Å². The predicted octanol–water partition coefficient (Wildman–Crippen LogP) is 3.59. The number of H-pyrrole nitrogens is 1. The van der Waals surface area contributed by atoms with Crippen LogP contribution >= 0.6 is 0 Å². The molecule has 33 heavy (non-hydrogen) atoms. The van der Waals surface area contributed by atoms with Crippen molar-refractivity contribution in [3.05, 3.63) is 59.5 Å². The lowest BCUT2D eigenvalue weighted by molar-refractivity contribution is -0.121. The number of nitrogens with one attached hydrogen (secondary N) is 2. The first-order valence-electron chi connectivity index (χ1n) is 11.1. The number of aromatic amines is 1. The Morgan fingerprint density at radius 2 is 1.88 bits per heavy atom. The standard InChI is InChI=1S/C25H27FN4O3/c1-3-22(31)29-17-8-9-18(12-17)30(2)25(33)15-6-4-14(5-7-15)16-10-19-20(24(27)32)13-28-23(19)21(26)11-16/h4-7,10-11,13,17-18,28H,3,8-9,12H2,1-2H3,(H2,27,32)(H,29,31)/t17?,18-/m1/s1. The van der Waals surface area contributed by atoms with Crippen LogP contribution in [-0.2, 0) is 4.79 Å². The van der Waals surface area contributed by atoms with E-state index in [9.17, 15) is 18.8 Å². The van der Waals surface area contributed by atoms with Crippen molar-refractivity contribution in [2.45, 2.75) is 44.7 Å². The zero-order valence-corrected chi connectivity index (χ0v) is 18.7. The third-order valence-electron chi connectivity index (χ3n) is 6.43. The van der Waals surface area contributed by atoms with Gasteiger partial charge in [-0.05, 0) is 54.7 Å². The van der Waals surface area contributed by atoms with Crippen LogP contribution in [0.4, 0.5) is 4.39 Å². The van der Waals surface area contributed by atoms with Crippen LogP contribution in [0.25, 0.3) is 22.0 Å². The molecule has 1 unspecified atom stereocenters. The second kappa shape index (κ2) is 9.05. The van der Waals surface area contributed by atoms with Gasteiger partial charge in [0.2, 0.25) is 5.91 Å². The molecule has 2 atom stereocenters. The summed E-state index contributed by atoms with van der Waals surface area (Å²) in [6.07, 6.45) is 4.29. The van der Waals surface area contributed by atoms with E-state index in [1.165, 1.54) is 12.3 Å². The van der Waals surface area contributed by atoms with Gasteiger partial charge in [-0.15, -0.1) is 0 Å². The van der Waals surface area contributed by atoms with E-state index in [4.69, 9.17) is 5.73 Å². The van der Waals surface area contributed by atoms with Crippen LogP contribution in [0.15, 0.2) is 42.6 Å². The maximum Gasteiger partial charge on any atom is 0.253 e. The minimum Gasteiger partial charge on any atom is -0.366 e. The number of nitrogens with two attached hydrogens (primary N) is 1. The Labute approximate surface area is 191 Å². The van der Waals surface area contributed by atoms with E-state index in [0.717, 1.165) is 24.8 Å². The van der Waals surface area contributed by atoms with Gasteiger partial charge in [-0.2, -0.15) is 0 Å². The zero-order chi connectivity index (χ0) is 23.7. The molecule has 0 bridgehead atoms. The number of carbonyl (C=O) groups excluding carboxylic acids is 3. The molecule has 1 heterocycles. The molecule has 1 fully saturated rings. The molecule has 1 saturated carbocycles. The van der Waals surface area contributed by atoms with Crippen LogP contribution in [0.3, 0.4) is 0 Å². The van der Waals surface area contributed by atoms with Crippen LogP contribution < -0.4 is 11.1 Å². The molecule has 0 aliphatic heterocycles. The summed E-state index contributed by atoms with van der Waals surface area (Å²) in [4.78, 5) is 40.8. The summed E-state index contributed by atoms with van der Waals surface area (Å²) in [5.74, 6) is -1.19. The smallest absolute Gasteiger partial charge is 0.253 e. The van der Waals surface area contributed by atoms with Crippen LogP contribution in [0, 0.1) is 5.82 Å². The summed E-state index contributed by atoms with van der Waals surface area (Å²) in [6, 6.07) is 10.2. The highest BCUT2D eigenvalue weighted by atomic mass is 19.1. The van der Waals surface area contributed by atoms with Crippen molar-refractivity contribution in [3.63, 3.8) is 0 Å². The fourth-order valence-corrected chi connectivity index (χ4v) is 4.50. The van der Waals surface area contributed by atoms with Gasteiger partial charge in [0.25, 0.3) is 11.8 Å². The van der Waals surface area contributed by atoms with Crippen molar-refractivity contribution in [2.24, 2.45) is 5.73 Å². The van der Waals surface area contributed by atoms with Gasteiger partial charge >= 0.3 is 0 Å². The average molecular weight is 451 g/mol. The highest BCUT2D eigenvalue weighted by molar-refractivity contribution is 6.07. The van der Waals surface area contributed by atoms with E-state index in [2.05, 4.69) is 10.3 Å². The van der Waals surface area contributed by atoms with E-state index in [0.29, 0.717) is 22.9 Å². The molecule has 7 nitrogen and oxygen atoms in total. The summed E-state index contributed by atoms with van der Waals surface area (Å²) < 4.78 is 14.6. The predicted molar refractivity (Wildman–Crippen MR) is 124 cm³/mol. The average Bonchev–Trinajstić information content (AvgIpc) is 3.45. The number of halogens is 1. The van der Waals surface area contributed by atoms with Gasteiger partial charge in [-0.1, -0.05) is 19.1 Å². The number of hydrogen-bond acceptors (Lipinski definition) is 3. The molecule has 8 heteroatoms. The number of hydrogen-bond donors (Lipinski definition) is 3. The summed E-state index contributed by atoms with van der Waals surface area (Å²) in [5, 5.41) is 3.42. The van der Waals surface area contributed by atoms with Crippen LogP contribution in [0.5, 0.6) is 0 Å². The minimum atomic E-state index is -0.634. The van der Waals surface area contributed by atoms with Gasteiger partial charge in [0.15, 0.2) is 0 Å². The second-order valence-electron chi connectivity index (χ2n) is 8.53. The molecule has 172 valence electrons. The van der Waals surface area contributed by atoms with Gasteiger partial charge in [-0.25, -0.2) is 4.39 Å². The van der Waals surface area contributed by atoms with Gasteiger partial charge in [-0.3, -0.25) is 14.4 Å². The lowest BCUT2D eigenvalue weighted by Crippen LogP contribution is -2.38. The van der Waals surface area contributed by atoms with E-state index in [-0.39, 0.29) is 35.0 Å². The highest BCUT2D eigenvalue weighted by Crippen LogP contribution is 2.30. The molecule has 0 spiro atoms. The Balaban J connectivity index is 1.50. The summed E-state index contributed by atoms with van der Waals surface area (Å²) in [5.41, 5.74) is 7.68. The quantitative estimate of drug-likeness (QED) is 0.534. The van der Waals surface area contributed by atoms with E-state index in [1.807, 2.05) is 6.92 Å². The largest absolute Gasteiger partial charge is 0.366 e. The van der Waals surface area contributed by atoms with E-state index in [1.54, 1.807) is 42.3 Å². The molecule has 2 aromatic carbocycles. The first kappa shape index (κ1) is 22.5. The van der Waals surface area contributed by atoms with Crippen molar-refractivity contribution in [3.8, 4) is 11.1 Å². The van der Waals surface area contributed by atoms with E-state index < -0.39 is 11.7 Å². The molecule has 1 aliphatic rings. The minimum absolute atomic E-state index is 0.0300. The Hall–Kier alpha value is -3.68. The van der Waals surface area contributed by atoms with Gasteiger partial charge < -0.3 is 20.9 Å². The van der Waals surface area contributed by atoms with Crippen molar-refractivity contribution >= 4 is 28.6 Å². The Kier molecular flexibility index (Phi) is 6.18. The van der Waals surface area contributed by atoms with Crippen molar-refractivity contribution in [2.75, 3.05) is 7.05 Å². The number of benzene rings is 2. The number of fused-ring (bicyclic) bond motifs is 1. The number of aromatic nitrogens is 1. The lowest BCUT2D eigenvalue weighted by atomic mass is 10.0. The van der Waals surface area contributed by atoms with Crippen molar-refractivity contribution < 1.29 is 18.8 Å². The topological polar surface area (TPSA) is 108 Å². The maximum atomic E-state index is 14.6. The SMILES string of the molecule is CCC(=O)NC1CC[C@@H](N(C)C(=O)c2ccc(-c3cc(F)c4[nH]cc(C(N)=O)c4c3)cc2)C1. The van der Waals surface area contributed by atoms with Gasteiger partial charge in [0.1, 0.15) is 5.82 Å². The molecule has 4 rings (SSSR count). The Bertz CT molecular complexity index is 1220. The Morgan fingerprint density at radius 3 is 2.55 bits per heavy atom. The lowest BCUT2D eigenvalue weighted by Gasteiger charge is -2.25. The molecule has 3 amide bonds. The number of primary amides is 1. The van der Waals surface area contributed by atoms with E-state index >= 15 is 0 Å². The van der Waals surface area contributed by atoms with Gasteiger partial charge in [0.05, 0.1) is 11.1 Å². The maximum absolute atomic E-state index is 14.6. The fraction of sp³-hybridized carbons (Fsp3) is 0.320. The molecule has 4 N–H and O–H groups in total. The van der Waals surface area contributed by atoms with Crippen LogP contribution in [0.1, 0.15) is 53.3 Å². The van der Waals surface area contributed by atoms with Crippen molar-refractivity contribution in [1.82, 2.24) is 15.2 Å². The summed E-state index contributed by atoms with van der Waals surface area (Å²) >= 11 is 0. The molecule has 1 aromatic heterocycles. The fourth-order valence-electron chi connectivity index (χ4n) is 4.50.